The van der Waals surface area contributed by atoms with E-state index in [-0.39, 0.29) is 17.2 Å². The van der Waals surface area contributed by atoms with Crippen molar-refractivity contribution in [2.75, 3.05) is 5.75 Å². The van der Waals surface area contributed by atoms with Crippen molar-refractivity contribution in [1.29, 1.82) is 0 Å². The fourth-order valence-electron chi connectivity index (χ4n) is 2.72. The second-order valence-electron chi connectivity index (χ2n) is 6.13. The van der Waals surface area contributed by atoms with Crippen LogP contribution in [-0.4, -0.2) is 27.4 Å². The number of nitrogens with one attached hydrogen (secondary N) is 1. The lowest BCUT2D eigenvalue weighted by Crippen LogP contribution is -2.24. The van der Waals surface area contributed by atoms with Crippen LogP contribution in [0.4, 0.5) is 0 Å². The topological polar surface area (TPSA) is 89.5 Å². The first-order chi connectivity index (χ1) is 14.6. The lowest BCUT2D eigenvalue weighted by Gasteiger charge is -2.13. The molecule has 0 saturated carbocycles. The number of thioether (sulfide) groups is 1. The van der Waals surface area contributed by atoms with Crippen molar-refractivity contribution in [2.24, 2.45) is 5.10 Å². The second-order valence-corrected chi connectivity index (χ2v) is 7.50. The van der Waals surface area contributed by atoms with Crippen molar-refractivity contribution in [3.63, 3.8) is 0 Å². The molecule has 0 saturated heterocycles. The van der Waals surface area contributed by atoms with Crippen LogP contribution >= 0.6 is 23.4 Å². The minimum atomic E-state index is -0.340. The smallest absolute Gasteiger partial charge is 0.266 e. The van der Waals surface area contributed by atoms with Gasteiger partial charge in [0.2, 0.25) is 0 Å². The average molecular weight is 439 g/mol. The standard InChI is InChI=1S/C21H15ClN4O3S/c22-14-7-9-15(10-8-14)26-20(28)17-5-1-2-6-18(17)24-21(26)30-13-19(27)25-23-12-16-4-3-11-29-16/h1-12H,13H2,(H,25,27). The van der Waals surface area contributed by atoms with E-state index in [0.717, 1.165) is 11.8 Å². The van der Waals surface area contributed by atoms with E-state index in [0.29, 0.717) is 32.5 Å². The second kappa shape index (κ2) is 8.98. The zero-order valence-corrected chi connectivity index (χ0v) is 17.1. The molecule has 30 heavy (non-hydrogen) atoms. The number of nitrogens with zero attached hydrogens (tertiary/aromatic N) is 3. The summed E-state index contributed by atoms with van der Waals surface area (Å²) in [4.78, 5) is 29.9. The maximum absolute atomic E-state index is 13.1. The molecule has 4 aromatic rings. The van der Waals surface area contributed by atoms with Gasteiger partial charge in [-0.25, -0.2) is 10.4 Å². The molecule has 0 spiro atoms. The van der Waals surface area contributed by atoms with Gasteiger partial charge >= 0.3 is 0 Å². The van der Waals surface area contributed by atoms with Gasteiger partial charge in [0, 0.05) is 5.02 Å². The molecule has 1 N–H and O–H groups in total. The Labute approximate surface area is 180 Å². The number of carbonyl (C=O) groups is 1. The van der Waals surface area contributed by atoms with Gasteiger partial charge < -0.3 is 4.42 Å². The normalized spacial score (nSPS) is 11.2. The van der Waals surface area contributed by atoms with Crippen LogP contribution in [0, 0.1) is 0 Å². The van der Waals surface area contributed by atoms with E-state index in [9.17, 15) is 9.59 Å². The van der Waals surface area contributed by atoms with Gasteiger partial charge in [-0.15, -0.1) is 0 Å². The highest BCUT2D eigenvalue weighted by molar-refractivity contribution is 7.99. The Morgan fingerprint density at radius 2 is 1.97 bits per heavy atom. The molecule has 7 nitrogen and oxygen atoms in total. The van der Waals surface area contributed by atoms with Crippen molar-refractivity contribution >= 4 is 46.4 Å². The van der Waals surface area contributed by atoms with E-state index in [4.69, 9.17) is 16.0 Å². The fourth-order valence-corrected chi connectivity index (χ4v) is 3.65. The molecule has 0 atom stereocenters. The van der Waals surface area contributed by atoms with Gasteiger partial charge in [0.05, 0.1) is 34.8 Å². The molecule has 0 aliphatic rings. The third-order valence-corrected chi connectivity index (χ3v) is 5.28. The van der Waals surface area contributed by atoms with Crippen molar-refractivity contribution in [3.8, 4) is 5.69 Å². The van der Waals surface area contributed by atoms with Crippen LogP contribution in [0.25, 0.3) is 16.6 Å². The maximum Gasteiger partial charge on any atom is 0.266 e. The highest BCUT2D eigenvalue weighted by Gasteiger charge is 2.14. The molecule has 2 aromatic heterocycles. The fraction of sp³-hybridized carbons (Fsp3) is 0.0476. The zero-order valence-electron chi connectivity index (χ0n) is 15.5. The number of hydrogen-bond acceptors (Lipinski definition) is 6. The highest BCUT2D eigenvalue weighted by atomic mass is 35.5. The predicted octanol–water partition coefficient (Wildman–Crippen LogP) is 3.87. The number of para-hydroxylation sites is 1. The highest BCUT2D eigenvalue weighted by Crippen LogP contribution is 2.22. The number of furan rings is 1. The van der Waals surface area contributed by atoms with Gasteiger partial charge in [-0.1, -0.05) is 35.5 Å². The van der Waals surface area contributed by atoms with Crippen LogP contribution < -0.4 is 11.0 Å². The molecular weight excluding hydrogens is 424 g/mol. The lowest BCUT2D eigenvalue weighted by atomic mass is 10.2. The zero-order chi connectivity index (χ0) is 20.9. The van der Waals surface area contributed by atoms with Crippen molar-refractivity contribution < 1.29 is 9.21 Å². The molecule has 0 fully saturated rings. The van der Waals surface area contributed by atoms with Gasteiger partial charge in [0.25, 0.3) is 11.5 Å². The maximum atomic E-state index is 13.1. The Hall–Kier alpha value is -3.36. The van der Waals surface area contributed by atoms with E-state index >= 15 is 0 Å². The van der Waals surface area contributed by atoms with E-state index in [1.165, 1.54) is 17.0 Å². The summed E-state index contributed by atoms with van der Waals surface area (Å²) in [7, 11) is 0. The number of carbonyl (C=O) groups excluding carboxylic acids is 1. The van der Waals surface area contributed by atoms with Crippen LogP contribution in [0.3, 0.4) is 0 Å². The molecule has 0 radical (unpaired) electrons. The Kier molecular flexibility index (Phi) is 5.97. The van der Waals surface area contributed by atoms with E-state index in [1.54, 1.807) is 54.6 Å². The minimum absolute atomic E-state index is 0.0217. The third-order valence-electron chi connectivity index (χ3n) is 4.09. The quantitative estimate of drug-likeness (QED) is 0.213. The van der Waals surface area contributed by atoms with Crippen LogP contribution in [0.1, 0.15) is 5.76 Å². The van der Waals surface area contributed by atoms with Gasteiger partial charge in [-0.05, 0) is 48.5 Å². The summed E-state index contributed by atoms with van der Waals surface area (Å²) < 4.78 is 6.58. The molecule has 0 aliphatic heterocycles. The molecule has 4 rings (SSSR count). The first-order valence-electron chi connectivity index (χ1n) is 8.88. The molecular formula is C21H15ClN4O3S. The number of fused-ring (bicyclic) bond motifs is 1. The van der Waals surface area contributed by atoms with Gasteiger partial charge in [-0.2, -0.15) is 5.10 Å². The molecule has 0 unspecified atom stereocenters. The molecule has 2 heterocycles. The lowest BCUT2D eigenvalue weighted by molar-refractivity contribution is -0.118. The van der Waals surface area contributed by atoms with E-state index in [2.05, 4.69) is 15.5 Å². The summed E-state index contributed by atoms with van der Waals surface area (Å²) in [6.45, 7) is 0. The summed E-state index contributed by atoms with van der Waals surface area (Å²) in [6.07, 6.45) is 2.92. The van der Waals surface area contributed by atoms with Crippen LogP contribution in [0.15, 0.2) is 86.4 Å². The van der Waals surface area contributed by atoms with Gasteiger partial charge in [0.15, 0.2) is 5.16 Å². The summed E-state index contributed by atoms with van der Waals surface area (Å²) in [5, 5.41) is 5.29. The first-order valence-corrected chi connectivity index (χ1v) is 10.2. The van der Waals surface area contributed by atoms with Crippen LogP contribution in [0.2, 0.25) is 5.02 Å². The summed E-state index contributed by atoms with van der Waals surface area (Å²) >= 11 is 7.12. The Morgan fingerprint density at radius 1 is 1.17 bits per heavy atom. The number of hydrogen-bond donors (Lipinski definition) is 1. The number of aromatic nitrogens is 2. The van der Waals surface area contributed by atoms with Gasteiger partial charge in [0.1, 0.15) is 5.76 Å². The minimum Gasteiger partial charge on any atom is -0.463 e. The monoisotopic (exact) mass is 438 g/mol. The first kappa shape index (κ1) is 19.9. The molecule has 9 heteroatoms. The largest absolute Gasteiger partial charge is 0.463 e. The van der Waals surface area contributed by atoms with E-state index in [1.807, 2.05) is 6.07 Å². The van der Waals surface area contributed by atoms with E-state index < -0.39 is 0 Å². The van der Waals surface area contributed by atoms with Crippen LogP contribution in [0.5, 0.6) is 0 Å². The molecule has 150 valence electrons. The number of halogens is 1. The van der Waals surface area contributed by atoms with Crippen molar-refractivity contribution in [2.45, 2.75) is 5.16 Å². The van der Waals surface area contributed by atoms with Crippen LogP contribution in [-0.2, 0) is 4.79 Å². The number of rotatable bonds is 6. The Bertz CT molecular complexity index is 1270. The third kappa shape index (κ3) is 4.45. The molecule has 0 aliphatic carbocycles. The SMILES string of the molecule is O=C(CSc1nc2ccccc2c(=O)n1-c1ccc(Cl)cc1)NN=Cc1ccco1. The number of amides is 1. The predicted molar refractivity (Wildman–Crippen MR) is 118 cm³/mol. The summed E-state index contributed by atoms with van der Waals surface area (Å²) in [5.41, 5.74) is 3.38. The number of benzene rings is 2. The number of hydrazone groups is 1. The van der Waals surface area contributed by atoms with Crippen molar-refractivity contribution in [1.82, 2.24) is 15.0 Å². The Morgan fingerprint density at radius 3 is 2.73 bits per heavy atom. The van der Waals surface area contributed by atoms with Gasteiger partial charge in [-0.3, -0.25) is 14.2 Å². The average Bonchev–Trinajstić information content (AvgIpc) is 3.27. The molecule has 1 amide bonds. The molecule has 2 aromatic carbocycles. The summed E-state index contributed by atoms with van der Waals surface area (Å²) in [6, 6.07) is 17.4. The van der Waals surface area contributed by atoms with Crippen molar-refractivity contribution in [3.05, 3.63) is 88.1 Å². The summed E-state index contributed by atoms with van der Waals surface area (Å²) in [5.74, 6) is 0.206. The Balaban J connectivity index is 1.60. The molecule has 0 bridgehead atoms.